The maximum absolute atomic E-state index is 12.9. The van der Waals surface area contributed by atoms with Gasteiger partial charge in [-0.1, -0.05) is 23.7 Å². The molecule has 0 saturated heterocycles. The topological polar surface area (TPSA) is 53.1 Å². The van der Waals surface area contributed by atoms with E-state index in [4.69, 9.17) is 22.7 Å². The Labute approximate surface area is 122 Å². The number of nitrogen functional groups attached to an aromatic ring is 1. The number of anilines is 1. The average molecular weight is 292 g/mol. The molecule has 0 saturated carbocycles. The van der Waals surface area contributed by atoms with Gasteiger partial charge in [-0.15, -0.1) is 0 Å². The van der Waals surface area contributed by atoms with Gasteiger partial charge in [-0.05, 0) is 35.9 Å². The molecule has 0 aliphatic heterocycles. The van der Waals surface area contributed by atoms with Crippen LogP contribution in [0.2, 0.25) is 5.02 Å². The number of nitrogens with one attached hydrogen (secondary N) is 1. The summed E-state index contributed by atoms with van der Waals surface area (Å²) in [5.74, 6) is -0.264. The fourth-order valence-corrected chi connectivity index (χ4v) is 2.26. The molecule has 0 aromatic heterocycles. The minimum atomic E-state index is -0.250. The van der Waals surface area contributed by atoms with Crippen LogP contribution in [0.5, 0.6) is 0 Å². The molecule has 2 rings (SSSR count). The van der Waals surface area contributed by atoms with Gasteiger partial charge in [0.2, 0.25) is 0 Å². The number of nitrogens with two attached hydrogens (primary N) is 1. The van der Waals surface area contributed by atoms with Gasteiger partial charge in [-0.3, -0.25) is 5.41 Å². The molecule has 0 heterocycles. The Morgan fingerprint density at radius 2 is 1.90 bits per heavy atom. The lowest BCUT2D eigenvalue weighted by molar-refractivity contribution is 0.627. The summed E-state index contributed by atoms with van der Waals surface area (Å²) in [6, 6.07) is 11.6. The first-order valence-corrected chi connectivity index (χ1v) is 6.44. The summed E-state index contributed by atoms with van der Waals surface area (Å²) in [5.41, 5.74) is 7.83. The van der Waals surface area contributed by atoms with E-state index in [-0.39, 0.29) is 11.7 Å². The van der Waals surface area contributed by atoms with Crippen molar-refractivity contribution < 1.29 is 4.39 Å². The molecule has 0 spiro atoms. The van der Waals surface area contributed by atoms with Crippen molar-refractivity contribution in [2.75, 3.05) is 11.9 Å². The third-order valence-corrected chi connectivity index (χ3v) is 3.31. The third-order valence-electron chi connectivity index (χ3n) is 3.00. The molecule has 0 fully saturated rings. The zero-order valence-electron chi connectivity index (χ0n) is 11.0. The molecule has 0 unspecified atom stereocenters. The molecule has 104 valence electrons. The summed E-state index contributed by atoms with van der Waals surface area (Å²) in [6.45, 7) is 0.611. The second kappa shape index (κ2) is 5.92. The molecule has 5 heteroatoms. The number of halogens is 2. The van der Waals surface area contributed by atoms with Crippen molar-refractivity contribution in [3.05, 3.63) is 64.4 Å². The second-order valence-corrected chi connectivity index (χ2v) is 4.97. The van der Waals surface area contributed by atoms with Crippen molar-refractivity contribution in [3.63, 3.8) is 0 Å². The highest BCUT2D eigenvalue weighted by atomic mass is 35.5. The fraction of sp³-hybridized carbons (Fsp3) is 0.133. The minimum absolute atomic E-state index is 0.0142. The lowest BCUT2D eigenvalue weighted by Gasteiger charge is -2.21. The number of benzene rings is 2. The first-order chi connectivity index (χ1) is 9.47. The Morgan fingerprint density at radius 3 is 2.45 bits per heavy atom. The van der Waals surface area contributed by atoms with Crippen LogP contribution in [-0.4, -0.2) is 12.9 Å². The van der Waals surface area contributed by atoms with E-state index in [0.717, 1.165) is 11.3 Å². The quantitative estimate of drug-likeness (QED) is 0.670. The zero-order chi connectivity index (χ0) is 14.7. The van der Waals surface area contributed by atoms with Crippen molar-refractivity contribution in [2.24, 2.45) is 5.73 Å². The predicted molar refractivity (Wildman–Crippen MR) is 81.0 cm³/mol. The van der Waals surface area contributed by atoms with Crippen molar-refractivity contribution in [1.29, 1.82) is 5.41 Å². The van der Waals surface area contributed by atoms with Crippen LogP contribution in [0.1, 0.15) is 11.1 Å². The first kappa shape index (κ1) is 14.3. The Bertz CT molecular complexity index is 626. The third kappa shape index (κ3) is 3.27. The molecule has 2 aromatic rings. The molecule has 0 atom stereocenters. The van der Waals surface area contributed by atoms with Gasteiger partial charge in [-0.25, -0.2) is 4.39 Å². The van der Waals surface area contributed by atoms with Crippen LogP contribution in [0.25, 0.3) is 0 Å². The van der Waals surface area contributed by atoms with Crippen LogP contribution in [0.4, 0.5) is 10.1 Å². The summed E-state index contributed by atoms with van der Waals surface area (Å²) < 4.78 is 12.9. The van der Waals surface area contributed by atoms with Gasteiger partial charge in [0.05, 0.1) is 10.7 Å². The maximum atomic E-state index is 12.9. The van der Waals surface area contributed by atoms with Gasteiger partial charge in [0.15, 0.2) is 0 Å². The Morgan fingerprint density at radius 1 is 1.25 bits per heavy atom. The van der Waals surface area contributed by atoms with Crippen LogP contribution < -0.4 is 10.6 Å². The zero-order valence-corrected chi connectivity index (χ0v) is 11.8. The predicted octanol–water partition coefficient (Wildman–Crippen LogP) is 3.40. The van der Waals surface area contributed by atoms with Crippen LogP contribution in [0, 0.1) is 11.2 Å². The first-order valence-electron chi connectivity index (χ1n) is 6.07. The molecule has 2 aromatic carbocycles. The van der Waals surface area contributed by atoms with Crippen LogP contribution in [-0.2, 0) is 6.54 Å². The van der Waals surface area contributed by atoms with Crippen molar-refractivity contribution >= 4 is 23.1 Å². The fourth-order valence-electron chi connectivity index (χ4n) is 1.93. The average Bonchev–Trinajstić information content (AvgIpc) is 2.41. The van der Waals surface area contributed by atoms with Gasteiger partial charge in [-0.2, -0.15) is 0 Å². The molecule has 0 aliphatic carbocycles. The van der Waals surface area contributed by atoms with Crippen LogP contribution >= 0.6 is 11.6 Å². The number of hydrogen-bond acceptors (Lipinski definition) is 2. The SMILES string of the molecule is CN(Cc1ccc(F)cc1)c1ccc(C(=N)N)cc1Cl. The van der Waals surface area contributed by atoms with E-state index in [9.17, 15) is 4.39 Å². The lowest BCUT2D eigenvalue weighted by atomic mass is 10.1. The monoisotopic (exact) mass is 291 g/mol. The molecule has 0 bridgehead atoms. The Balaban J connectivity index is 2.18. The molecule has 0 aliphatic rings. The molecular weight excluding hydrogens is 277 g/mol. The molecule has 20 heavy (non-hydrogen) atoms. The van der Waals surface area contributed by atoms with E-state index >= 15 is 0 Å². The molecular formula is C15H15ClFN3. The van der Waals surface area contributed by atoms with Crippen LogP contribution in [0.15, 0.2) is 42.5 Å². The molecule has 3 nitrogen and oxygen atoms in total. The van der Waals surface area contributed by atoms with E-state index in [0.29, 0.717) is 17.1 Å². The Kier molecular flexibility index (Phi) is 4.25. The number of nitrogens with zero attached hydrogens (tertiary/aromatic N) is 1. The van der Waals surface area contributed by atoms with Gasteiger partial charge >= 0.3 is 0 Å². The summed E-state index contributed by atoms with van der Waals surface area (Å²) in [6.07, 6.45) is 0. The van der Waals surface area contributed by atoms with Gasteiger partial charge in [0, 0.05) is 19.2 Å². The van der Waals surface area contributed by atoms with Crippen molar-refractivity contribution in [1.82, 2.24) is 0 Å². The van der Waals surface area contributed by atoms with E-state index < -0.39 is 0 Å². The number of hydrogen-bond donors (Lipinski definition) is 2. The largest absolute Gasteiger partial charge is 0.384 e. The molecule has 3 N–H and O–H groups in total. The normalized spacial score (nSPS) is 10.3. The maximum Gasteiger partial charge on any atom is 0.123 e. The van der Waals surface area contributed by atoms with E-state index in [1.807, 2.05) is 18.0 Å². The summed E-state index contributed by atoms with van der Waals surface area (Å²) in [4.78, 5) is 1.96. The minimum Gasteiger partial charge on any atom is -0.384 e. The van der Waals surface area contributed by atoms with Crippen molar-refractivity contribution in [2.45, 2.75) is 6.54 Å². The van der Waals surface area contributed by atoms with E-state index in [1.54, 1.807) is 24.3 Å². The highest BCUT2D eigenvalue weighted by molar-refractivity contribution is 6.33. The standard InChI is InChI=1S/C15H15ClFN3/c1-20(9-10-2-5-12(17)6-3-10)14-7-4-11(15(18)19)8-13(14)16/h2-8H,9H2,1H3,(H3,18,19). The summed E-state index contributed by atoms with van der Waals surface area (Å²) in [5, 5.41) is 7.91. The Hall–Kier alpha value is -2.07. The van der Waals surface area contributed by atoms with Crippen LogP contribution in [0.3, 0.4) is 0 Å². The summed E-state index contributed by atoms with van der Waals surface area (Å²) >= 11 is 6.21. The smallest absolute Gasteiger partial charge is 0.123 e. The van der Waals surface area contributed by atoms with Gasteiger partial charge in [0.1, 0.15) is 11.7 Å². The highest BCUT2D eigenvalue weighted by Crippen LogP contribution is 2.27. The van der Waals surface area contributed by atoms with Gasteiger partial charge < -0.3 is 10.6 Å². The molecule has 0 amide bonds. The lowest BCUT2D eigenvalue weighted by Crippen LogP contribution is -2.17. The summed E-state index contributed by atoms with van der Waals surface area (Å²) in [7, 11) is 1.90. The van der Waals surface area contributed by atoms with E-state index in [2.05, 4.69) is 0 Å². The highest BCUT2D eigenvalue weighted by Gasteiger charge is 2.09. The van der Waals surface area contributed by atoms with Gasteiger partial charge in [0.25, 0.3) is 0 Å². The van der Waals surface area contributed by atoms with Crippen molar-refractivity contribution in [3.8, 4) is 0 Å². The van der Waals surface area contributed by atoms with E-state index in [1.165, 1.54) is 12.1 Å². The second-order valence-electron chi connectivity index (χ2n) is 4.56. The number of rotatable bonds is 4. The molecule has 0 radical (unpaired) electrons. The number of amidine groups is 1.